The molecule has 160 valence electrons. The molecular weight excluding hydrogens is 394 g/mol. The highest BCUT2D eigenvalue weighted by Gasteiger charge is 2.14. The van der Waals surface area contributed by atoms with Gasteiger partial charge in [-0.15, -0.1) is 0 Å². The molecule has 0 atom stereocenters. The Labute approximate surface area is 180 Å². The van der Waals surface area contributed by atoms with Gasteiger partial charge in [-0.1, -0.05) is 51.1 Å². The third-order valence-electron chi connectivity index (χ3n) is 4.89. The third-order valence-corrected chi connectivity index (χ3v) is 4.89. The zero-order chi connectivity index (χ0) is 22.6. The van der Waals surface area contributed by atoms with Crippen LogP contribution in [-0.4, -0.2) is 17.0 Å². The topological polar surface area (TPSA) is 97.7 Å². The largest absolute Gasteiger partial charge is 0.455 e. The molecule has 0 radical (unpaired) electrons. The number of carbonyl (C=O) groups is 1. The number of non-ortho nitro benzene ring substituents is 1. The number of amides is 1. The van der Waals surface area contributed by atoms with Gasteiger partial charge in [-0.3, -0.25) is 14.9 Å². The van der Waals surface area contributed by atoms with Crippen LogP contribution in [0.4, 0.5) is 5.69 Å². The number of rotatable bonds is 6. The summed E-state index contributed by atoms with van der Waals surface area (Å²) in [4.78, 5) is 22.7. The highest BCUT2D eigenvalue weighted by atomic mass is 16.6. The number of hydrogen-bond donors (Lipinski definition) is 1. The van der Waals surface area contributed by atoms with Crippen molar-refractivity contribution < 1.29 is 14.1 Å². The molecule has 0 unspecified atom stereocenters. The standard InChI is InChI=1S/C24H25N3O4/c1-16-5-10-19(27(29)30)14-21(16)22-12-11-20(31-22)15-25-26-23(28)13-17-6-8-18(9-7-17)24(2,3)4/h5-12,14-15H,13H2,1-4H3,(H,26,28). The minimum absolute atomic E-state index is 0.00462. The van der Waals surface area contributed by atoms with Crippen molar-refractivity contribution in [3.63, 3.8) is 0 Å². The second-order valence-corrected chi connectivity index (χ2v) is 8.38. The van der Waals surface area contributed by atoms with Crippen molar-refractivity contribution in [3.8, 4) is 11.3 Å². The molecular formula is C24H25N3O4. The molecule has 7 heteroatoms. The fourth-order valence-corrected chi connectivity index (χ4v) is 3.07. The molecule has 3 aromatic rings. The van der Waals surface area contributed by atoms with Crippen LogP contribution < -0.4 is 5.43 Å². The summed E-state index contributed by atoms with van der Waals surface area (Å²) in [6, 6.07) is 16.0. The average molecular weight is 419 g/mol. The Hall–Kier alpha value is -3.74. The number of nitrogens with zero attached hydrogens (tertiary/aromatic N) is 2. The van der Waals surface area contributed by atoms with E-state index in [-0.39, 0.29) is 23.4 Å². The molecule has 1 N–H and O–H groups in total. The molecule has 0 aliphatic heterocycles. The Kier molecular flexibility index (Phi) is 6.34. The fraction of sp³-hybridized carbons (Fsp3) is 0.250. The lowest BCUT2D eigenvalue weighted by Gasteiger charge is -2.19. The molecule has 0 saturated heterocycles. The van der Waals surface area contributed by atoms with Gasteiger partial charge in [-0.05, 0) is 41.2 Å². The lowest BCUT2D eigenvalue weighted by atomic mass is 9.86. The zero-order valence-electron chi connectivity index (χ0n) is 18.0. The fourth-order valence-electron chi connectivity index (χ4n) is 3.07. The summed E-state index contributed by atoms with van der Waals surface area (Å²) in [5.74, 6) is 0.685. The van der Waals surface area contributed by atoms with E-state index in [0.717, 1.165) is 11.1 Å². The van der Waals surface area contributed by atoms with Gasteiger partial charge in [0.05, 0.1) is 17.6 Å². The third kappa shape index (κ3) is 5.66. The molecule has 0 fully saturated rings. The maximum absolute atomic E-state index is 12.1. The normalized spacial score (nSPS) is 11.6. The van der Waals surface area contributed by atoms with Gasteiger partial charge in [0.2, 0.25) is 5.91 Å². The number of carbonyl (C=O) groups excluding carboxylic acids is 1. The minimum atomic E-state index is -0.444. The zero-order valence-corrected chi connectivity index (χ0v) is 18.0. The van der Waals surface area contributed by atoms with E-state index in [1.165, 1.54) is 23.9 Å². The van der Waals surface area contributed by atoms with E-state index >= 15 is 0 Å². The van der Waals surface area contributed by atoms with Crippen molar-refractivity contribution >= 4 is 17.8 Å². The summed E-state index contributed by atoms with van der Waals surface area (Å²) in [6.45, 7) is 8.28. The summed E-state index contributed by atoms with van der Waals surface area (Å²) in [7, 11) is 0. The Bertz CT molecular complexity index is 1120. The summed E-state index contributed by atoms with van der Waals surface area (Å²) in [5.41, 5.74) is 6.16. The molecule has 0 aliphatic rings. The van der Waals surface area contributed by atoms with Crippen molar-refractivity contribution in [1.29, 1.82) is 0 Å². The Morgan fingerprint density at radius 2 is 1.84 bits per heavy atom. The molecule has 3 rings (SSSR count). The van der Waals surface area contributed by atoms with Crippen LogP contribution >= 0.6 is 0 Å². The quantitative estimate of drug-likeness (QED) is 0.339. The first kappa shape index (κ1) is 22.0. The van der Waals surface area contributed by atoms with E-state index in [0.29, 0.717) is 17.1 Å². The van der Waals surface area contributed by atoms with Gasteiger partial charge in [0.1, 0.15) is 11.5 Å². The number of hydrazone groups is 1. The van der Waals surface area contributed by atoms with E-state index in [2.05, 4.69) is 31.3 Å². The summed E-state index contributed by atoms with van der Waals surface area (Å²) >= 11 is 0. The first-order valence-electron chi connectivity index (χ1n) is 9.90. The van der Waals surface area contributed by atoms with E-state index in [4.69, 9.17) is 4.42 Å². The van der Waals surface area contributed by atoms with Crippen LogP contribution in [0.2, 0.25) is 0 Å². The van der Waals surface area contributed by atoms with Crippen LogP contribution in [0.25, 0.3) is 11.3 Å². The predicted octanol–water partition coefficient (Wildman–Crippen LogP) is 5.15. The van der Waals surface area contributed by atoms with Crippen molar-refractivity contribution in [2.45, 2.75) is 39.5 Å². The molecule has 1 heterocycles. The molecule has 0 spiro atoms. The second-order valence-electron chi connectivity index (χ2n) is 8.38. The van der Waals surface area contributed by atoms with Crippen LogP contribution in [0.3, 0.4) is 0 Å². The van der Waals surface area contributed by atoms with Crippen molar-refractivity contribution in [2.75, 3.05) is 0 Å². The van der Waals surface area contributed by atoms with E-state index < -0.39 is 4.92 Å². The smallest absolute Gasteiger partial charge is 0.270 e. The number of nitro groups is 1. The maximum atomic E-state index is 12.1. The summed E-state index contributed by atoms with van der Waals surface area (Å²) in [6.07, 6.45) is 1.62. The molecule has 0 bridgehead atoms. The summed E-state index contributed by atoms with van der Waals surface area (Å²) < 4.78 is 5.71. The van der Waals surface area contributed by atoms with Crippen LogP contribution in [-0.2, 0) is 16.6 Å². The van der Waals surface area contributed by atoms with Crippen LogP contribution in [0, 0.1) is 17.0 Å². The molecule has 2 aromatic carbocycles. The highest BCUT2D eigenvalue weighted by molar-refractivity contribution is 5.82. The Balaban J connectivity index is 1.61. The monoisotopic (exact) mass is 419 g/mol. The first-order chi connectivity index (χ1) is 14.6. The average Bonchev–Trinajstić information content (AvgIpc) is 3.16. The molecule has 1 amide bonds. The summed E-state index contributed by atoms with van der Waals surface area (Å²) in [5, 5.41) is 15.0. The number of furan rings is 1. The molecule has 0 saturated carbocycles. The van der Waals surface area contributed by atoms with Crippen molar-refractivity contribution in [2.24, 2.45) is 5.10 Å². The van der Waals surface area contributed by atoms with Crippen molar-refractivity contribution in [3.05, 3.63) is 87.2 Å². The lowest BCUT2D eigenvalue weighted by molar-refractivity contribution is -0.384. The van der Waals surface area contributed by atoms with Gasteiger partial charge in [0.25, 0.3) is 5.69 Å². The van der Waals surface area contributed by atoms with Crippen LogP contribution in [0.15, 0.2) is 64.1 Å². The molecule has 0 aliphatic carbocycles. The van der Waals surface area contributed by atoms with Gasteiger partial charge in [0.15, 0.2) is 0 Å². The predicted molar refractivity (Wildman–Crippen MR) is 120 cm³/mol. The van der Waals surface area contributed by atoms with E-state index in [1.807, 2.05) is 31.2 Å². The Morgan fingerprint density at radius 3 is 2.48 bits per heavy atom. The SMILES string of the molecule is Cc1ccc([N+](=O)[O-])cc1-c1ccc(C=NNC(=O)Cc2ccc(C(C)(C)C)cc2)o1. The van der Waals surface area contributed by atoms with Gasteiger partial charge < -0.3 is 4.42 Å². The minimum Gasteiger partial charge on any atom is -0.455 e. The number of hydrogen-bond acceptors (Lipinski definition) is 5. The van der Waals surface area contributed by atoms with Gasteiger partial charge >= 0.3 is 0 Å². The number of nitro benzene ring substituents is 1. The van der Waals surface area contributed by atoms with Gasteiger partial charge in [-0.25, -0.2) is 5.43 Å². The maximum Gasteiger partial charge on any atom is 0.270 e. The van der Waals surface area contributed by atoms with Crippen LogP contribution in [0.1, 0.15) is 43.2 Å². The number of nitrogens with one attached hydrogen (secondary N) is 1. The number of benzene rings is 2. The number of aryl methyl sites for hydroxylation is 1. The molecule has 31 heavy (non-hydrogen) atoms. The second kappa shape index (κ2) is 8.95. The molecule has 7 nitrogen and oxygen atoms in total. The van der Waals surface area contributed by atoms with E-state index in [9.17, 15) is 14.9 Å². The Morgan fingerprint density at radius 1 is 1.13 bits per heavy atom. The lowest BCUT2D eigenvalue weighted by Crippen LogP contribution is -2.20. The van der Waals surface area contributed by atoms with E-state index in [1.54, 1.807) is 18.2 Å². The van der Waals surface area contributed by atoms with Crippen LogP contribution in [0.5, 0.6) is 0 Å². The first-order valence-corrected chi connectivity index (χ1v) is 9.90. The highest BCUT2D eigenvalue weighted by Crippen LogP contribution is 2.28. The molecule has 1 aromatic heterocycles. The van der Waals surface area contributed by atoms with Crippen molar-refractivity contribution in [1.82, 2.24) is 5.43 Å². The van der Waals surface area contributed by atoms with Gasteiger partial charge in [-0.2, -0.15) is 5.10 Å². The van der Waals surface area contributed by atoms with Gasteiger partial charge in [0, 0.05) is 17.7 Å².